The Morgan fingerprint density at radius 3 is 2.34 bits per heavy atom. The summed E-state index contributed by atoms with van der Waals surface area (Å²) < 4.78 is 104. The fourth-order valence-corrected chi connectivity index (χ4v) is 3.53. The maximum atomic E-state index is 13.9. The van der Waals surface area contributed by atoms with Crippen LogP contribution in [0.25, 0.3) is 22.6 Å². The van der Waals surface area contributed by atoms with Gasteiger partial charge in [-0.2, -0.15) is 30.7 Å². The van der Waals surface area contributed by atoms with Gasteiger partial charge in [-0.3, -0.25) is 4.21 Å². The summed E-state index contributed by atoms with van der Waals surface area (Å²) in [7, 11) is -1.39. The van der Waals surface area contributed by atoms with Gasteiger partial charge in [0.15, 0.2) is 5.65 Å². The number of halogens is 7. The Morgan fingerprint density at radius 1 is 1.07 bits per heavy atom. The molecule has 1 N–H and O–H groups in total. The Bertz CT molecular complexity index is 1080. The molecule has 1 aromatic carbocycles. The van der Waals surface area contributed by atoms with E-state index in [9.17, 15) is 34.9 Å². The topological polar surface area (TPSA) is 58.6 Å². The number of nitrogens with zero attached hydrogens (tertiary/aromatic N) is 2. The molecule has 3 rings (SSSR count). The zero-order chi connectivity index (χ0) is 21.6. The van der Waals surface area contributed by atoms with Gasteiger partial charge in [-0.1, -0.05) is 25.1 Å². The number of alkyl halides is 7. The minimum atomic E-state index is -6.45. The van der Waals surface area contributed by atoms with Crippen LogP contribution >= 0.6 is 0 Å². The Hall–Kier alpha value is -2.50. The first kappa shape index (κ1) is 21.2. The first-order valence-corrected chi connectivity index (χ1v) is 9.38. The van der Waals surface area contributed by atoms with Crippen molar-refractivity contribution in [2.45, 2.75) is 29.8 Å². The largest absolute Gasteiger partial charge is 0.460 e. The molecule has 0 radical (unpaired) electrons. The molecule has 3 aromatic rings. The lowest BCUT2D eigenvalue weighted by molar-refractivity contribution is -0.359. The van der Waals surface area contributed by atoms with Crippen LogP contribution in [0.1, 0.15) is 12.5 Å². The molecule has 4 nitrogen and oxygen atoms in total. The van der Waals surface area contributed by atoms with Crippen molar-refractivity contribution in [3.05, 3.63) is 42.1 Å². The summed E-state index contributed by atoms with van der Waals surface area (Å²) in [5.41, 5.74) is -1.70. The van der Waals surface area contributed by atoms with Crippen LogP contribution in [0.3, 0.4) is 0 Å². The van der Waals surface area contributed by atoms with Gasteiger partial charge in [0.2, 0.25) is 0 Å². The highest BCUT2D eigenvalue weighted by atomic mass is 32.2. The number of rotatable bonds is 5. The summed E-state index contributed by atoms with van der Waals surface area (Å²) >= 11 is 0. The molecule has 29 heavy (non-hydrogen) atoms. The van der Waals surface area contributed by atoms with Gasteiger partial charge in [-0.25, -0.2) is 9.97 Å². The number of nitrogens with one attached hydrogen (secondary N) is 1. The highest BCUT2D eigenvalue weighted by Gasteiger charge is 2.73. The molecule has 0 aliphatic rings. The van der Waals surface area contributed by atoms with Crippen molar-refractivity contribution in [1.29, 1.82) is 0 Å². The average Bonchev–Trinajstić information content (AvgIpc) is 3.09. The van der Waals surface area contributed by atoms with E-state index in [4.69, 9.17) is 0 Å². The minimum absolute atomic E-state index is 0.0629. The van der Waals surface area contributed by atoms with Gasteiger partial charge in [-0.05, 0) is 12.1 Å². The number of fused-ring (bicyclic) bond motifs is 1. The molecule has 12 heteroatoms. The number of imidazole rings is 1. The molecule has 0 amide bonds. The smallest absolute Gasteiger partial charge is 0.337 e. The number of pyridine rings is 1. The maximum absolute atomic E-state index is 13.9. The molecule has 1 atom stereocenters. The summed E-state index contributed by atoms with van der Waals surface area (Å²) in [6.07, 6.45) is -6.23. The number of hydrogen-bond donors (Lipinski definition) is 1. The van der Waals surface area contributed by atoms with Crippen molar-refractivity contribution in [2.75, 3.05) is 5.75 Å². The molecule has 2 heterocycles. The Balaban J connectivity index is 2.10. The normalized spacial score (nSPS) is 14.3. The predicted octanol–water partition coefficient (Wildman–Crippen LogP) is 5.04. The molecular formula is C17H12F7N3OS. The molecule has 0 aliphatic heterocycles. The van der Waals surface area contributed by atoms with Gasteiger partial charge in [0, 0.05) is 28.0 Å². The van der Waals surface area contributed by atoms with Gasteiger partial charge in [0.05, 0.1) is 16.3 Å². The molecule has 0 saturated heterocycles. The Kier molecular flexibility index (Phi) is 5.18. The van der Waals surface area contributed by atoms with Crippen LogP contribution in [-0.2, 0) is 16.7 Å². The number of H-pyrrole nitrogens is 1. The molecule has 1 unspecified atom stereocenters. The maximum Gasteiger partial charge on any atom is 0.460 e. The van der Waals surface area contributed by atoms with E-state index in [1.54, 1.807) is 31.2 Å². The number of aromatic nitrogens is 3. The fraction of sp³-hybridized carbons (Fsp3) is 0.294. The summed E-state index contributed by atoms with van der Waals surface area (Å²) in [5, 5.41) is 0. The molecule has 2 aromatic heterocycles. The van der Waals surface area contributed by atoms with Crippen LogP contribution in [0.2, 0.25) is 0 Å². The van der Waals surface area contributed by atoms with E-state index >= 15 is 0 Å². The van der Waals surface area contributed by atoms with Gasteiger partial charge in [-0.15, -0.1) is 0 Å². The second-order valence-corrected chi connectivity index (χ2v) is 7.67. The SMILES string of the molecule is CCS(=O)c1ccccc1-c1nc2ncc(C(F)(F)C(F)(F)C(F)(F)F)cc2[nH]1. The minimum Gasteiger partial charge on any atom is -0.337 e. The van der Waals surface area contributed by atoms with Gasteiger partial charge in [0.1, 0.15) is 5.82 Å². The van der Waals surface area contributed by atoms with Crippen LogP contribution in [0, 0.1) is 0 Å². The molecule has 156 valence electrons. The zero-order valence-electron chi connectivity index (χ0n) is 14.5. The lowest BCUT2D eigenvalue weighted by atomic mass is 10.0. The Labute approximate surface area is 161 Å². The van der Waals surface area contributed by atoms with Crippen molar-refractivity contribution in [3.63, 3.8) is 0 Å². The van der Waals surface area contributed by atoms with Gasteiger partial charge < -0.3 is 4.98 Å². The second-order valence-electron chi connectivity index (χ2n) is 5.96. The van der Waals surface area contributed by atoms with E-state index in [0.717, 1.165) is 0 Å². The monoisotopic (exact) mass is 439 g/mol. The molecule has 0 aliphatic carbocycles. The third kappa shape index (κ3) is 3.49. The zero-order valence-corrected chi connectivity index (χ0v) is 15.3. The van der Waals surface area contributed by atoms with Crippen molar-refractivity contribution in [1.82, 2.24) is 15.0 Å². The summed E-state index contributed by atoms with van der Waals surface area (Å²) in [6, 6.07) is 6.80. The predicted molar refractivity (Wildman–Crippen MR) is 91.2 cm³/mol. The standard InChI is InChI=1S/C17H12F7N3OS/c1-2-29(28)12-6-4-3-5-10(12)13-26-11-7-9(8-25-14(11)27-13)15(18,19)16(20,21)17(22,23)24/h3-8H,2H2,1H3,(H,25,26,27). The number of hydrogen-bond acceptors (Lipinski definition) is 3. The van der Waals surface area contributed by atoms with Crippen molar-refractivity contribution in [2.24, 2.45) is 0 Å². The van der Waals surface area contributed by atoms with Crippen molar-refractivity contribution < 1.29 is 34.9 Å². The van der Waals surface area contributed by atoms with E-state index in [-0.39, 0.29) is 23.2 Å². The van der Waals surface area contributed by atoms with Crippen LogP contribution < -0.4 is 0 Å². The van der Waals surface area contributed by atoms with Crippen LogP contribution in [0.15, 0.2) is 41.4 Å². The summed E-state index contributed by atoms with van der Waals surface area (Å²) in [6.45, 7) is 1.68. The van der Waals surface area contributed by atoms with Gasteiger partial charge in [0.25, 0.3) is 0 Å². The highest BCUT2D eigenvalue weighted by Crippen LogP contribution is 2.51. The molecule has 0 spiro atoms. The number of benzene rings is 1. The Morgan fingerprint density at radius 2 is 1.72 bits per heavy atom. The third-order valence-electron chi connectivity index (χ3n) is 4.10. The first-order chi connectivity index (χ1) is 13.4. The molecule has 0 fully saturated rings. The van der Waals surface area contributed by atoms with Crippen LogP contribution in [0.4, 0.5) is 30.7 Å². The second kappa shape index (κ2) is 7.08. The van der Waals surface area contributed by atoms with Crippen molar-refractivity contribution >= 4 is 22.0 Å². The lowest BCUT2D eigenvalue weighted by Gasteiger charge is -2.28. The quantitative estimate of drug-likeness (QED) is 0.567. The van der Waals surface area contributed by atoms with E-state index in [1.807, 2.05) is 0 Å². The van der Waals surface area contributed by atoms with E-state index in [2.05, 4.69) is 15.0 Å². The van der Waals surface area contributed by atoms with Crippen LogP contribution in [0.5, 0.6) is 0 Å². The summed E-state index contributed by atoms with van der Waals surface area (Å²) in [4.78, 5) is 10.5. The highest BCUT2D eigenvalue weighted by molar-refractivity contribution is 7.85. The molecule has 0 bridgehead atoms. The number of aromatic amines is 1. The molecular weight excluding hydrogens is 427 g/mol. The van der Waals surface area contributed by atoms with E-state index < -0.39 is 34.4 Å². The lowest BCUT2D eigenvalue weighted by Crippen LogP contribution is -2.50. The van der Waals surface area contributed by atoms with Crippen LogP contribution in [-0.4, -0.2) is 37.0 Å². The van der Waals surface area contributed by atoms with Crippen molar-refractivity contribution in [3.8, 4) is 11.4 Å². The first-order valence-electron chi connectivity index (χ1n) is 8.06. The van der Waals surface area contributed by atoms with Gasteiger partial charge >= 0.3 is 18.0 Å². The van der Waals surface area contributed by atoms with E-state index in [1.165, 1.54) is 0 Å². The summed E-state index contributed by atoms with van der Waals surface area (Å²) in [5.74, 6) is -11.5. The fourth-order valence-electron chi connectivity index (χ4n) is 2.57. The van der Waals surface area contributed by atoms with E-state index in [0.29, 0.717) is 22.3 Å². The third-order valence-corrected chi connectivity index (χ3v) is 5.47. The average molecular weight is 439 g/mol. The molecule has 0 saturated carbocycles.